The highest BCUT2D eigenvalue weighted by molar-refractivity contribution is 14.1. The minimum absolute atomic E-state index is 0.159. The SMILES string of the molecule is COc1ccc(/C=C2\NC(=S)N(c3cccc(I)c3)C2=O)cc1. The summed E-state index contributed by atoms with van der Waals surface area (Å²) in [7, 11) is 1.62. The largest absolute Gasteiger partial charge is 0.497 e. The fraction of sp³-hybridized carbons (Fsp3) is 0.0588. The van der Waals surface area contributed by atoms with Gasteiger partial charge in [-0.25, -0.2) is 0 Å². The van der Waals surface area contributed by atoms with E-state index in [2.05, 4.69) is 27.9 Å². The molecule has 0 bridgehead atoms. The molecule has 0 unspecified atom stereocenters. The van der Waals surface area contributed by atoms with Crippen LogP contribution in [0.25, 0.3) is 6.08 Å². The van der Waals surface area contributed by atoms with Crippen LogP contribution in [0.2, 0.25) is 0 Å². The van der Waals surface area contributed by atoms with Crippen molar-refractivity contribution in [1.29, 1.82) is 0 Å². The Kier molecular flexibility index (Phi) is 4.63. The summed E-state index contributed by atoms with van der Waals surface area (Å²) in [6.07, 6.45) is 1.78. The summed E-state index contributed by atoms with van der Waals surface area (Å²) < 4.78 is 6.18. The second kappa shape index (κ2) is 6.67. The van der Waals surface area contributed by atoms with Gasteiger partial charge in [-0.15, -0.1) is 0 Å². The third-order valence-corrected chi connectivity index (χ3v) is 4.33. The molecule has 0 saturated carbocycles. The highest BCUT2D eigenvalue weighted by Gasteiger charge is 2.31. The van der Waals surface area contributed by atoms with Crippen LogP contribution in [0.1, 0.15) is 5.56 Å². The van der Waals surface area contributed by atoms with Crippen molar-refractivity contribution >= 4 is 57.6 Å². The number of hydrogen-bond donors (Lipinski definition) is 1. The summed E-state index contributed by atoms with van der Waals surface area (Å²) in [6.45, 7) is 0. The molecule has 6 heteroatoms. The number of amides is 1. The molecule has 23 heavy (non-hydrogen) atoms. The van der Waals surface area contributed by atoms with Crippen molar-refractivity contribution < 1.29 is 9.53 Å². The van der Waals surface area contributed by atoms with E-state index in [0.29, 0.717) is 10.8 Å². The average molecular weight is 436 g/mol. The first-order chi connectivity index (χ1) is 11.1. The van der Waals surface area contributed by atoms with Crippen LogP contribution >= 0.6 is 34.8 Å². The lowest BCUT2D eigenvalue weighted by Gasteiger charge is -2.14. The van der Waals surface area contributed by atoms with Crippen molar-refractivity contribution in [2.24, 2.45) is 0 Å². The van der Waals surface area contributed by atoms with Gasteiger partial charge in [-0.2, -0.15) is 0 Å². The molecule has 3 rings (SSSR count). The van der Waals surface area contributed by atoms with E-state index in [1.807, 2.05) is 48.5 Å². The maximum atomic E-state index is 12.6. The monoisotopic (exact) mass is 436 g/mol. The van der Waals surface area contributed by atoms with E-state index in [1.165, 1.54) is 4.90 Å². The Labute approximate surface area is 153 Å². The number of carbonyl (C=O) groups is 1. The number of halogens is 1. The molecule has 1 aliphatic heterocycles. The van der Waals surface area contributed by atoms with E-state index in [0.717, 1.165) is 20.6 Å². The molecule has 1 N–H and O–H groups in total. The molecule has 0 atom stereocenters. The smallest absolute Gasteiger partial charge is 0.281 e. The molecule has 0 aliphatic carbocycles. The van der Waals surface area contributed by atoms with Gasteiger partial charge in [-0.1, -0.05) is 18.2 Å². The number of rotatable bonds is 3. The summed E-state index contributed by atoms with van der Waals surface area (Å²) >= 11 is 7.51. The Morgan fingerprint density at radius 1 is 1.22 bits per heavy atom. The first-order valence-corrected chi connectivity index (χ1v) is 8.34. The first-order valence-electron chi connectivity index (χ1n) is 6.85. The highest BCUT2D eigenvalue weighted by atomic mass is 127. The Balaban J connectivity index is 1.89. The van der Waals surface area contributed by atoms with E-state index in [1.54, 1.807) is 13.2 Å². The van der Waals surface area contributed by atoms with Gasteiger partial charge in [0.1, 0.15) is 11.4 Å². The summed E-state index contributed by atoms with van der Waals surface area (Å²) in [5.74, 6) is 0.613. The Morgan fingerprint density at radius 3 is 2.61 bits per heavy atom. The number of hydrogen-bond acceptors (Lipinski definition) is 3. The minimum atomic E-state index is -0.159. The van der Waals surface area contributed by atoms with Crippen molar-refractivity contribution in [3.8, 4) is 5.75 Å². The Morgan fingerprint density at radius 2 is 1.96 bits per heavy atom. The van der Waals surface area contributed by atoms with Gasteiger partial charge in [0.15, 0.2) is 5.11 Å². The third kappa shape index (κ3) is 3.37. The lowest BCUT2D eigenvalue weighted by atomic mass is 10.2. The molecule has 0 radical (unpaired) electrons. The van der Waals surface area contributed by atoms with E-state index >= 15 is 0 Å². The van der Waals surface area contributed by atoms with Gasteiger partial charge in [0.25, 0.3) is 5.91 Å². The zero-order valence-electron chi connectivity index (χ0n) is 12.2. The van der Waals surface area contributed by atoms with Gasteiger partial charge in [0, 0.05) is 3.57 Å². The van der Waals surface area contributed by atoms with Crippen LogP contribution in [0.4, 0.5) is 5.69 Å². The average Bonchev–Trinajstić information content (AvgIpc) is 2.82. The van der Waals surface area contributed by atoms with Gasteiger partial charge in [0.2, 0.25) is 0 Å². The topological polar surface area (TPSA) is 41.6 Å². The summed E-state index contributed by atoms with van der Waals surface area (Å²) in [5, 5.41) is 3.37. The van der Waals surface area contributed by atoms with Crippen molar-refractivity contribution in [3.63, 3.8) is 0 Å². The third-order valence-electron chi connectivity index (χ3n) is 3.37. The second-order valence-electron chi connectivity index (χ2n) is 4.88. The number of methoxy groups -OCH3 is 1. The number of benzene rings is 2. The normalized spacial score (nSPS) is 15.9. The molecule has 0 aromatic heterocycles. The molecule has 2 aromatic carbocycles. The fourth-order valence-electron chi connectivity index (χ4n) is 2.25. The lowest BCUT2D eigenvalue weighted by Crippen LogP contribution is -2.30. The van der Waals surface area contributed by atoms with Gasteiger partial charge < -0.3 is 10.1 Å². The van der Waals surface area contributed by atoms with Crippen LogP contribution < -0.4 is 15.0 Å². The molecule has 1 fully saturated rings. The molecule has 2 aromatic rings. The van der Waals surface area contributed by atoms with E-state index in [-0.39, 0.29) is 5.91 Å². The molecule has 4 nitrogen and oxygen atoms in total. The first kappa shape index (κ1) is 15.9. The summed E-state index contributed by atoms with van der Waals surface area (Å²) in [6, 6.07) is 15.1. The Hall–Kier alpha value is -1.93. The number of nitrogens with one attached hydrogen (secondary N) is 1. The van der Waals surface area contributed by atoms with Crippen LogP contribution in [-0.2, 0) is 4.79 Å². The van der Waals surface area contributed by atoms with Crippen LogP contribution in [0.5, 0.6) is 5.75 Å². The van der Waals surface area contributed by atoms with E-state index in [4.69, 9.17) is 17.0 Å². The van der Waals surface area contributed by atoms with Gasteiger partial charge in [-0.3, -0.25) is 9.69 Å². The van der Waals surface area contributed by atoms with E-state index in [9.17, 15) is 4.79 Å². The molecule has 1 aliphatic rings. The number of nitrogens with zero attached hydrogens (tertiary/aromatic N) is 1. The van der Waals surface area contributed by atoms with Crippen molar-refractivity contribution in [2.45, 2.75) is 0 Å². The van der Waals surface area contributed by atoms with Crippen molar-refractivity contribution in [3.05, 3.63) is 63.4 Å². The van der Waals surface area contributed by atoms with Crippen LogP contribution in [0.3, 0.4) is 0 Å². The number of ether oxygens (including phenoxy) is 1. The predicted molar refractivity (Wildman–Crippen MR) is 103 cm³/mol. The minimum Gasteiger partial charge on any atom is -0.497 e. The van der Waals surface area contributed by atoms with Crippen LogP contribution in [0, 0.1) is 3.57 Å². The van der Waals surface area contributed by atoms with Crippen molar-refractivity contribution in [2.75, 3.05) is 12.0 Å². The summed E-state index contributed by atoms with van der Waals surface area (Å²) in [5.41, 5.74) is 2.12. The van der Waals surface area contributed by atoms with Crippen LogP contribution in [-0.4, -0.2) is 18.1 Å². The molecule has 116 valence electrons. The molecule has 1 saturated heterocycles. The zero-order valence-corrected chi connectivity index (χ0v) is 15.2. The molecule has 0 spiro atoms. The Bertz CT molecular complexity index is 802. The maximum absolute atomic E-state index is 12.6. The van der Waals surface area contributed by atoms with Gasteiger partial charge in [-0.05, 0) is 76.8 Å². The number of carbonyl (C=O) groups excluding carboxylic acids is 1. The fourth-order valence-corrected chi connectivity index (χ4v) is 3.08. The zero-order chi connectivity index (χ0) is 16.4. The number of thiocarbonyl (C=S) groups is 1. The second-order valence-corrected chi connectivity index (χ2v) is 6.51. The number of anilines is 1. The standard InChI is InChI=1S/C17H13IN2O2S/c1-22-14-7-5-11(6-8-14)9-15-16(21)20(17(23)19-15)13-4-2-3-12(18)10-13/h2-10H,1H3,(H,19,23)/b15-9-. The van der Waals surface area contributed by atoms with Crippen molar-refractivity contribution in [1.82, 2.24) is 5.32 Å². The van der Waals surface area contributed by atoms with Crippen LogP contribution in [0.15, 0.2) is 54.2 Å². The quantitative estimate of drug-likeness (QED) is 0.454. The lowest BCUT2D eigenvalue weighted by molar-refractivity contribution is -0.113. The predicted octanol–water partition coefficient (Wildman–Crippen LogP) is 3.56. The molecular formula is C17H13IN2O2S. The highest BCUT2D eigenvalue weighted by Crippen LogP contribution is 2.24. The molecular weight excluding hydrogens is 423 g/mol. The maximum Gasteiger partial charge on any atom is 0.281 e. The summed E-state index contributed by atoms with van der Waals surface area (Å²) in [4.78, 5) is 14.1. The molecule has 1 amide bonds. The van der Waals surface area contributed by atoms with Gasteiger partial charge in [0.05, 0.1) is 12.8 Å². The van der Waals surface area contributed by atoms with Gasteiger partial charge >= 0.3 is 0 Å². The van der Waals surface area contributed by atoms with E-state index < -0.39 is 0 Å². The molecule has 1 heterocycles.